The minimum absolute atomic E-state index is 0.102. The number of carbonyl (C=O) groups is 1. The highest BCUT2D eigenvalue weighted by molar-refractivity contribution is 7.03. The number of amides is 1. The predicted octanol–water partition coefficient (Wildman–Crippen LogP) is 4.00. The van der Waals surface area contributed by atoms with Crippen LogP contribution in [-0.2, 0) is 12.5 Å². The number of aromatic nitrogens is 2. The Morgan fingerprint density at radius 2 is 1.58 bits per heavy atom. The van der Waals surface area contributed by atoms with E-state index in [1.165, 1.54) is 8.52 Å². The molecule has 0 saturated carbocycles. The standard InChI is InChI=1S/C17H12Cl3N3O2S/c18-10-22-16(21-15(24)12-3-7-14(20)8-4-12)26-23(17(22)25)9-11-1-5-13(19)6-2-11/h1-8H,9-10H2. The molecule has 3 rings (SSSR count). The van der Waals surface area contributed by atoms with E-state index < -0.39 is 5.91 Å². The van der Waals surface area contributed by atoms with Crippen molar-refractivity contribution in [1.82, 2.24) is 8.52 Å². The SMILES string of the molecule is O=C(N=c1sn(Cc2ccc(Cl)cc2)c(=O)n1CCl)c1ccc(Cl)cc1. The zero-order chi connectivity index (χ0) is 18.7. The first-order valence-corrected chi connectivity index (χ1v) is 9.50. The van der Waals surface area contributed by atoms with E-state index in [2.05, 4.69) is 4.99 Å². The van der Waals surface area contributed by atoms with Crippen LogP contribution in [0, 0.1) is 0 Å². The second-order valence-electron chi connectivity index (χ2n) is 5.29. The van der Waals surface area contributed by atoms with Crippen molar-refractivity contribution in [2.45, 2.75) is 12.5 Å². The first-order chi connectivity index (χ1) is 12.5. The summed E-state index contributed by atoms with van der Waals surface area (Å²) in [5, 5.41) is 1.14. The fraction of sp³-hybridized carbons (Fsp3) is 0.118. The second kappa shape index (κ2) is 8.22. The molecule has 1 amide bonds. The van der Waals surface area contributed by atoms with Gasteiger partial charge in [0.05, 0.1) is 6.54 Å². The Hall–Kier alpha value is -1.86. The summed E-state index contributed by atoms with van der Waals surface area (Å²) in [6.45, 7) is 0.336. The van der Waals surface area contributed by atoms with Gasteiger partial charge in [0.15, 0.2) is 0 Å². The Bertz CT molecular complexity index is 1050. The lowest BCUT2D eigenvalue weighted by atomic mass is 10.2. The van der Waals surface area contributed by atoms with Crippen molar-refractivity contribution >= 4 is 52.2 Å². The number of hydrogen-bond donors (Lipinski definition) is 0. The molecule has 0 aliphatic heterocycles. The molecule has 1 aromatic heterocycles. The number of rotatable bonds is 4. The molecule has 0 bridgehead atoms. The Balaban J connectivity index is 1.97. The monoisotopic (exact) mass is 427 g/mol. The van der Waals surface area contributed by atoms with Gasteiger partial charge in [-0.1, -0.05) is 35.3 Å². The third kappa shape index (κ3) is 4.27. The van der Waals surface area contributed by atoms with Gasteiger partial charge in [0.1, 0.15) is 6.00 Å². The fourth-order valence-corrected chi connectivity index (χ4v) is 3.68. The molecule has 9 heteroatoms. The van der Waals surface area contributed by atoms with Crippen LogP contribution in [0.25, 0.3) is 0 Å². The van der Waals surface area contributed by atoms with Gasteiger partial charge in [-0.15, -0.1) is 11.6 Å². The first kappa shape index (κ1) is 18.9. The molecule has 5 nitrogen and oxygen atoms in total. The summed E-state index contributed by atoms with van der Waals surface area (Å²) in [5.41, 5.74) is 0.943. The van der Waals surface area contributed by atoms with Gasteiger partial charge in [-0.25, -0.2) is 8.75 Å². The van der Waals surface area contributed by atoms with Crippen molar-refractivity contribution in [1.29, 1.82) is 0 Å². The first-order valence-electron chi connectivity index (χ1n) is 7.44. The number of carbonyl (C=O) groups excluding carboxylic acids is 1. The van der Waals surface area contributed by atoms with Gasteiger partial charge in [-0.2, -0.15) is 4.99 Å². The average Bonchev–Trinajstić information content (AvgIpc) is 2.92. The van der Waals surface area contributed by atoms with Crippen LogP contribution in [0.3, 0.4) is 0 Å². The summed E-state index contributed by atoms with van der Waals surface area (Å²) in [7, 11) is 0. The quantitative estimate of drug-likeness (QED) is 0.590. The van der Waals surface area contributed by atoms with Crippen molar-refractivity contribution in [3.8, 4) is 0 Å². The Kier molecular flexibility index (Phi) is 5.98. The van der Waals surface area contributed by atoms with Crippen LogP contribution >= 0.6 is 46.3 Å². The highest BCUT2D eigenvalue weighted by atomic mass is 35.5. The van der Waals surface area contributed by atoms with Crippen molar-refractivity contribution in [2.75, 3.05) is 0 Å². The van der Waals surface area contributed by atoms with E-state index in [0.29, 0.717) is 22.2 Å². The molecule has 0 saturated heterocycles. The van der Waals surface area contributed by atoms with Crippen molar-refractivity contribution < 1.29 is 4.79 Å². The highest BCUT2D eigenvalue weighted by Gasteiger charge is 2.11. The van der Waals surface area contributed by atoms with E-state index in [0.717, 1.165) is 17.1 Å². The van der Waals surface area contributed by atoms with Gasteiger partial charge in [-0.3, -0.25) is 9.36 Å². The predicted molar refractivity (Wildman–Crippen MR) is 104 cm³/mol. The van der Waals surface area contributed by atoms with Gasteiger partial charge in [0.25, 0.3) is 5.91 Å². The van der Waals surface area contributed by atoms with Crippen molar-refractivity contribution in [3.63, 3.8) is 0 Å². The van der Waals surface area contributed by atoms with Crippen LogP contribution in [0.1, 0.15) is 15.9 Å². The molecular weight excluding hydrogens is 417 g/mol. The maximum absolute atomic E-state index is 12.5. The number of alkyl halides is 1. The molecule has 26 heavy (non-hydrogen) atoms. The summed E-state index contributed by atoms with van der Waals surface area (Å²) < 4.78 is 2.73. The normalized spacial score (nSPS) is 11.7. The summed E-state index contributed by atoms with van der Waals surface area (Å²) in [6, 6.07) is 13.4. The highest BCUT2D eigenvalue weighted by Crippen LogP contribution is 2.11. The van der Waals surface area contributed by atoms with Gasteiger partial charge >= 0.3 is 5.69 Å². The number of hydrogen-bond acceptors (Lipinski definition) is 3. The molecule has 0 N–H and O–H groups in total. The third-order valence-electron chi connectivity index (χ3n) is 3.51. The van der Waals surface area contributed by atoms with E-state index in [9.17, 15) is 9.59 Å². The summed E-state index contributed by atoms with van der Waals surface area (Å²) >= 11 is 18.6. The lowest BCUT2D eigenvalue weighted by Gasteiger charge is -2.00. The van der Waals surface area contributed by atoms with E-state index >= 15 is 0 Å². The molecule has 0 atom stereocenters. The molecule has 0 aliphatic rings. The molecule has 0 aliphatic carbocycles. The Morgan fingerprint density at radius 1 is 1.00 bits per heavy atom. The average molecular weight is 429 g/mol. The van der Waals surface area contributed by atoms with Crippen LogP contribution in [0.15, 0.2) is 58.3 Å². The van der Waals surface area contributed by atoms with E-state index in [1.807, 2.05) is 12.1 Å². The van der Waals surface area contributed by atoms with E-state index in [-0.39, 0.29) is 16.5 Å². The van der Waals surface area contributed by atoms with Crippen molar-refractivity contribution in [3.05, 3.63) is 85.0 Å². The lowest BCUT2D eigenvalue weighted by Crippen LogP contribution is -2.28. The van der Waals surface area contributed by atoms with Gasteiger partial charge in [0, 0.05) is 15.6 Å². The molecule has 2 aromatic carbocycles. The Morgan fingerprint density at radius 3 is 2.15 bits per heavy atom. The zero-order valence-electron chi connectivity index (χ0n) is 13.2. The van der Waals surface area contributed by atoms with Crippen LogP contribution < -0.4 is 10.5 Å². The number of benzene rings is 2. The number of nitrogens with zero attached hydrogens (tertiary/aromatic N) is 3. The number of halogens is 3. The molecule has 0 unspecified atom stereocenters. The van der Waals surface area contributed by atoms with Crippen LogP contribution in [0.5, 0.6) is 0 Å². The van der Waals surface area contributed by atoms with Crippen LogP contribution in [0.2, 0.25) is 10.0 Å². The molecule has 0 fully saturated rings. The molecule has 0 spiro atoms. The second-order valence-corrected chi connectivity index (χ2v) is 7.39. The maximum Gasteiger partial charge on any atom is 0.341 e. The van der Waals surface area contributed by atoms with Crippen LogP contribution in [0.4, 0.5) is 0 Å². The van der Waals surface area contributed by atoms with Gasteiger partial charge in [-0.05, 0) is 53.5 Å². The molecule has 1 heterocycles. The third-order valence-corrected chi connectivity index (χ3v) is 5.24. The lowest BCUT2D eigenvalue weighted by molar-refractivity contribution is 0.0998. The smallest absolute Gasteiger partial charge is 0.267 e. The Labute approximate surface area is 167 Å². The van der Waals surface area contributed by atoms with Gasteiger partial charge < -0.3 is 0 Å². The topological polar surface area (TPSA) is 56.4 Å². The zero-order valence-corrected chi connectivity index (χ0v) is 16.3. The van der Waals surface area contributed by atoms with E-state index in [1.54, 1.807) is 36.4 Å². The molecule has 134 valence electrons. The summed E-state index contributed by atoms with van der Waals surface area (Å²) in [5.74, 6) is -0.472. The molecular formula is C17H12Cl3N3O2S. The largest absolute Gasteiger partial charge is 0.341 e. The fourth-order valence-electron chi connectivity index (χ4n) is 2.19. The summed E-state index contributed by atoms with van der Waals surface area (Å²) in [6.07, 6.45) is 0. The van der Waals surface area contributed by atoms with Crippen LogP contribution in [-0.4, -0.2) is 14.4 Å². The minimum Gasteiger partial charge on any atom is -0.267 e. The van der Waals surface area contributed by atoms with Gasteiger partial charge in [0.2, 0.25) is 4.80 Å². The maximum atomic E-state index is 12.5. The molecule has 0 radical (unpaired) electrons. The molecule has 3 aromatic rings. The van der Waals surface area contributed by atoms with E-state index in [4.69, 9.17) is 34.8 Å². The van der Waals surface area contributed by atoms with Crippen molar-refractivity contribution in [2.24, 2.45) is 4.99 Å². The summed E-state index contributed by atoms with van der Waals surface area (Å²) in [4.78, 5) is 29.1. The minimum atomic E-state index is -0.472.